The second-order valence-electron chi connectivity index (χ2n) is 6.60. The molecule has 0 spiro atoms. The Hall–Kier alpha value is -3.34. The molecule has 8 heteroatoms. The van der Waals surface area contributed by atoms with Crippen LogP contribution in [0.15, 0.2) is 30.7 Å². The summed E-state index contributed by atoms with van der Waals surface area (Å²) in [6.45, 7) is 3.09. The molecule has 0 radical (unpaired) electrons. The van der Waals surface area contributed by atoms with Crippen LogP contribution in [0.1, 0.15) is 12.1 Å². The van der Waals surface area contributed by atoms with Gasteiger partial charge in [-0.3, -0.25) is 9.48 Å². The van der Waals surface area contributed by atoms with Gasteiger partial charge in [-0.15, -0.1) is 0 Å². The van der Waals surface area contributed by atoms with Gasteiger partial charge in [0.05, 0.1) is 23.3 Å². The molecule has 26 heavy (non-hydrogen) atoms. The summed E-state index contributed by atoms with van der Waals surface area (Å²) in [5.74, 6) is 0.245. The van der Waals surface area contributed by atoms with Crippen LogP contribution in [0.4, 0.5) is 5.82 Å². The Morgan fingerprint density at radius 1 is 1.42 bits per heavy atom. The number of hydrogen-bond acceptors (Lipinski definition) is 5. The van der Waals surface area contributed by atoms with Gasteiger partial charge < -0.3 is 14.8 Å². The number of anilines is 1. The number of carbonyl (C=O) groups is 1. The maximum atomic E-state index is 12.3. The van der Waals surface area contributed by atoms with Crippen molar-refractivity contribution in [3.63, 3.8) is 0 Å². The van der Waals surface area contributed by atoms with Gasteiger partial charge in [0.25, 0.3) is 0 Å². The van der Waals surface area contributed by atoms with Gasteiger partial charge in [0.15, 0.2) is 12.0 Å². The number of benzene rings is 1. The largest absolute Gasteiger partial charge is 0.310 e. The minimum absolute atomic E-state index is 0.0912. The molecular weight excluding hydrogens is 330 g/mol. The molecule has 0 bridgehead atoms. The Morgan fingerprint density at radius 2 is 2.27 bits per heavy atom. The Kier molecular flexibility index (Phi) is 3.84. The fraction of sp³-hybridized carbons (Fsp3) is 0.333. The van der Waals surface area contributed by atoms with E-state index in [0.717, 1.165) is 22.3 Å². The minimum Gasteiger partial charge on any atom is -0.310 e. The van der Waals surface area contributed by atoms with E-state index in [1.54, 1.807) is 17.4 Å². The molecule has 1 saturated heterocycles. The lowest BCUT2D eigenvalue weighted by Crippen LogP contribution is -2.25. The van der Waals surface area contributed by atoms with Gasteiger partial charge in [-0.2, -0.15) is 10.4 Å². The standard InChI is InChI=1S/C18H19N7O/c1-12-15-7-14(3-4-16(15)23(2)22-12)25-9-17(20-11-25)21-18(26)13-5-6-24(8-13)10-19/h3-4,7,9,11,13H,5-6,8H2,1-2H3,(H,21,26). The lowest BCUT2D eigenvalue weighted by Gasteiger charge is -2.08. The van der Waals surface area contributed by atoms with E-state index >= 15 is 0 Å². The summed E-state index contributed by atoms with van der Waals surface area (Å²) in [6, 6.07) is 6.09. The molecule has 1 unspecified atom stereocenters. The van der Waals surface area contributed by atoms with Crippen LogP contribution in [0, 0.1) is 24.3 Å². The summed E-state index contributed by atoms with van der Waals surface area (Å²) in [5.41, 5.74) is 3.00. The smallest absolute Gasteiger partial charge is 0.230 e. The summed E-state index contributed by atoms with van der Waals surface area (Å²) in [4.78, 5) is 18.2. The molecular formula is C18H19N7O. The first-order chi connectivity index (χ1) is 12.5. The maximum Gasteiger partial charge on any atom is 0.230 e. The van der Waals surface area contributed by atoms with Crippen LogP contribution in [-0.4, -0.2) is 43.2 Å². The van der Waals surface area contributed by atoms with Gasteiger partial charge in [-0.05, 0) is 31.5 Å². The number of rotatable bonds is 3. The summed E-state index contributed by atoms with van der Waals surface area (Å²) in [7, 11) is 1.93. The highest BCUT2D eigenvalue weighted by molar-refractivity contribution is 5.92. The minimum atomic E-state index is -0.172. The quantitative estimate of drug-likeness (QED) is 0.728. The Bertz CT molecular complexity index is 1030. The van der Waals surface area contributed by atoms with Gasteiger partial charge in [0, 0.05) is 31.2 Å². The maximum absolute atomic E-state index is 12.3. The van der Waals surface area contributed by atoms with E-state index in [1.165, 1.54) is 0 Å². The number of aromatic nitrogens is 4. The lowest BCUT2D eigenvalue weighted by molar-refractivity contribution is -0.119. The Labute approximate surface area is 150 Å². The molecule has 1 fully saturated rings. The second kappa shape index (κ2) is 6.19. The molecule has 1 amide bonds. The topological polar surface area (TPSA) is 91.8 Å². The third-order valence-corrected chi connectivity index (χ3v) is 4.85. The number of likely N-dealkylation sites (tertiary alicyclic amines) is 1. The van der Waals surface area contributed by atoms with Crippen molar-refractivity contribution in [1.82, 2.24) is 24.2 Å². The van der Waals surface area contributed by atoms with E-state index in [0.29, 0.717) is 25.3 Å². The van der Waals surface area contributed by atoms with Crippen molar-refractivity contribution in [2.75, 3.05) is 18.4 Å². The summed E-state index contributed by atoms with van der Waals surface area (Å²) < 4.78 is 3.73. The van der Waals surface area contributed by atoms with Gasteiger partial charge in [-0.1, -0.05) is 0 Å². The van der Waals surface area contributed by atoms with Crippen LogP contribution in [0.25, 0.3) is 16.6 Å². The Morgan fingerprint density at radius 3 is 3.04 bits per heavy atom. The Balaban J connectivity index is 1.52. The highest BCUT2D eigenvalue weighted by Gasteiger charge is 2.28. The fourth-order valence-electron chi connectivity index (χ4n) is 3.41. The first-order valence-corrected chi connectivity index (χ1v) is 8.48. The molecule has 2 aromatic heterocycles. The van der Waals surface area contributed by atoms with Crippen LogP contribution in [0.2, 0.25) is 0 Å². The zero-order valence-corrected chi connectivity index (χ0v) is 14.7. The number of nitrogens with one attached hydrogen (secondary N) is 1. The van der Waals surface area contributed by atoms with Crippen LogP contribution in [0.3, 0.4) is 0 Å². The molecule has 0 saturated carbocycles. The zero-order chi connectivity index (χ0) is 18.3. The normalized spacial score (nSPS) is 16.8. The summed E-state index contributed by atoms with van der Waals surface area (Å²) >= 11 is 0. The monoisotopic (exact) mass is 349 g/mol. The van der Waals surface area contributed by atoms with E-state index in [4.69, 9.17) is 5.26 Å². The number of nitriles is 1. The lowest BCUT2D eigenvalue weighted by atomic mass is 10.1. The third kappa shape index (κ3) is 2.77. The van der Waals surface area contributed by atoms with E-state index in [2.05, 4.69) is 27.7 Å². The second-order valence-corrected chi connectivity index (χ2v) is 6.60. The number of amides is 1. The zero-order valence-electron chi connectivity index (χ0n) is 14.7. The van der Waals surface area contributed by atoms with Gasteiger partial charge in [0.2, 0.25) is 5.91 Å². The molecule has 4 rings (SSSR count). The first-order valence-electron chi connectivity index (χ1n) is 8.48. The van der Waals surface area contributed by atoms with Crippen LogP contribution < -0.4 is 5.32 Å². The number of carbonyl (C=O) groups excluding carboxylic acids is 1. The van der Waals surface area contributed by atoms with Gasteiger partial charge in [-0.25, -0.2) is 4.98 Å². The molecule has 3 heterocycles. The average molecular weight is 349 g/mol. The van der Waals surface area contributed by atoms with Crippen molar-refractivity contribution in [3.05, 3.63) is 36.4 Å². The van der Waals surface area contributed by atoms with Crippen molar-refractivity contribution in [1.29, 1.82) is 5.26 Å². The van der Waals surface area contributed by atoms with Gasteiger partial charge >= 0.3 is 0 Å². The van der Waals surface area contributed by atoms with Crippen molar-refractivity contribution in [2.24, 2.45) is 13.0 Å². The molecule has 0 aliphatic carbocycles. The van der Waals surface area contributed by atoms with E-state index < -0.39 is 0 Å². The number of imidazole rings is 1. The number of aryl methyl sites for hydroxylation is 2. The van der Waals surface area contributed by atoms with Crippen molar-refractivity contribution in [3.8, 4) is 11.9 Å². The molecule has 1 aromatic carbocycles. The first kappa shape index (κ1) is 16.1. The summed E-state index contributed by atoms with van der Waals surface area (Å²) in [5, 5.41) is 17.3. The molecule has 8 nitrogen and oxygen atoms in total. The predicted octanol–water partition coefficient (Wildman–Crippen LogP) is 1.81. The van der Waals surface area contributed by atoms with E-state index in [1.807, 2.05) is 35.4 Å². The number of hydrogen-bond donors (Lipinski definition) is 1. The highest BCUT2D eigenvalue weighted by Crippen LogP contribution is 2.22. The van der Waals surface area contributed by atoms with Crippen LogP contribution in [0.5, 0.6) is 0 Å². The van der Waals surface area contributed by atoms with Crippen LogP contribution >= 0.6 is 0 Å². The van der Waals surface area contributed by atoms with Crippen molar-refractivity contribution in [2.45, 2.75) is 13.3 Å². The molecule has 132 valence electrons. The highest BCUT2D eigenvalue weighted by atomic mass is 16.2. The fourth-order valence-corrected chi connectivity index (χ4v) is 3.41. The molecule has 1 N–H and O–H groups in total. The third-order valence-electron chi connectivity index (χ3n) is 4.85. The van der Waals surface area contributed by atoms with Crippen molar-refractivity contribution < 1.29 is 4.79 Å². The predicted molar refractivity (Wildman–Crippen MR) is 96.5 cm³/mol. The number of nitrogens with zero attached hydrogens (tertiary/aromatic N) is 6. The van der Waals surface area contributed by atoms with Gasteiger partial charge in [0.1, 0.15) is 6.33 Å². The van der Waals surface area contributed by atoms with Crippen LogP contribution in [-0.2, 0) is 11.8 Å². The van der Waals surface area contributed by atoms with E-state index in [-0.39, 0.29) is 11.8 Å². The average Bonchev–Trinajstić information content (AvgIpc) is 3.35. The molecule has 1 atom stereocenters. The molecule has 1 aliphatic rings. The molecule has 1 aliphatic heterocycles. The SMILES string of the molecule is Cc1nn(C)c2ccc(-n3cnc(NC(=O)C4CCN(C#N)C4)c3)cc12. The summed E-state index contributed by atoms with van der Waals surface area (Å²) in [6.07, 6.45) is 6.25. The van der Waals surface area contributed by atoms with E-state index in [9.17, 15) is 4.79 Å². The van der Waals surface area contributed by atoms with Crippen molar-refractivity contribution >= 4 is 22.6 Å². The number of fused-ring (bicyclic) bond motifs is 1. The molecule has 3 aromatic rings.